The van der Waals surface area contributed by atoms with Gasteiger partial charge in [0, 0.05) is 26.2 Å². The SMILES string of the molecule is Cc1cc(N2CCN(C(=O)c3ccco3)CC2)ncc1N. The van der Waals surface area contributed by atoms with E-state index in [4.69, 9.17) is 10.2 Å². The fourth-order valence-electron chi connectivity index (χ4n) is 2.42. The molecule has 1 saturated heterocycles. The van der Waals surface area contributed by atoms with Gasteiger partial charge in [-0.1, -0.05) is 0 Å². The highest BCUT2D eigenvalue weighted by molar-refractivity contribution is 5.91. The predicted octanol–water partition coefficient (Wildman–Crippen LogP) is 1.53. The predicted molar refractivity (Wildman–Crippen MR) is 80.2 cm³/mol. The minimum atomic E-state index is -0.0545. The Morgan fingerprint density at radius 1 is 1.33 bits per heavy atom. The number of carbonyl (C=O) groups is 1. The summed E-state index contributed by atoms with van der Waals surface area (Å²) < 4.78 is 5.16. The number of pyridine rings is 1. The molecule has 1 aliphatic rings. The van der Waals surface area contributed by atoms with Crippen LogP contribution in [0.2, 0.25) is 0 Å². The van der Waals surface area contributed by atoms with Gasteiger partial charge in [0.2, 0.25) is 0 Å². The van der Waals surface area contributed by atoms with Gasteiger partial charge in [0.05, 0.1) is 18.1 Å². The third-order valence-electron chi connectivity index (χ3n) is 3.76. The van der Waals surface area contributed by atoms with Crippen molar-refractivity contribution in [3.63, 3.8) is 0 Å². The van der Waals surface area contributed by atoms with Crippen molar-refractivity contribution in [1.29, 1.82) is 0 Å². The van der Waals surface area contributed by atoms with Crippen molar-refractivity contribution < 1.29 is 9.21 Å². The summed E-state index contributed by atoms with van der Waals surface area (Å²) in [7, 11) is 0. The van der Waals surface area contributed by atoms with Crippen molar-refractivity contribution >= 4 is 17.4 Å². The molecule has 0 spiro atoms. The highest BCUT2D eigenvalue weighted by atomic mass is 16.3. The summed E-state index contributed by atoms with van der Waals surface area (Å²) in [6.07, 6.45) is 3.20. The Labute approximate surface area is 123 Å². The van der Waals surface area contributed by atoms with Gasteiger partial charge in [-0.2, -0.15) is 0 Å². The zero-order chi connectivity index (χ0) is 14.8. The molecule has 6 nitrogen and oxygen atoms in total. The van der Waals surface area contributed by atoms with Crippen molar-refractivity contribution in [1.82, 2.24) is 9.88 Å². The topological polar surface area (TPSA) is 75.6 Å². The molecule has 0 aromatic carbocycles. The molecule has 21 heavy (non-hydrogen) atoms. The molecule has 0 unspecified atom stereocenters. The largest absolute Gasteiger partial charge is 0.459 e. The van der Waals surface area contributed by atoms with Gasteiger partial charge in [0.15, 0.2) is 5.76 Å². The fourth-order valence-corrected chi connectivity index (χ4v) is 2.42. The maximum absolute atomic E-state index is 12.2. The minimum Gasteiger partial charge on any atom is -0.459 e. The van der Waals surface area contributed by atoms with Crippen LogP contribution >= 0.6 is 0 Å². The molecular formula is C15H18N4O2. The molecule has 0 saturated carbocycles. The first kappa shape index (κ1) is 13.5. The summed E-state index contributed by atoms with van der Waals surface area (Å²) in [4.78, 5) is 20.5. The fraction of sp³-hybridized carbons (Fsp3) is 0.333. The lowest BCUT2D eigenvalue weighted by atomic mass is 10.2. The highest BCUT2D eigenvalue weighted by Crippen LogP contribution is 2.19. The Hall–Kier alpha value is -2.50. The number of carbonyl (C=O) groups excluding carboxylic acids is 1. The number of hydrogen-bond acceptors (Lipinski definition) is 5. The van der Waals surface area contributed by atoms with Crippen molar-refractivity contribution in [2.75, 3.05) is 36.8 Å². The molecule has 1 aliphatic heterocycles. The zero-order valence-electron chi connectivity index (χ0n) is 12.0. The highest BCUT2D eigenvalue weighted by Gasteiger charge is 2.24. The third kappa shape index (κ3) is 2.69. The molecule has 1 fully saturated rings. The second-order valence-corrected chi connectivity index (χ2v) is 5.16. The second-order valence-electron chi connectivity index (χ2n) is 5.16. The quantitative estimate of drug-likeness (QED) is 0.906. The first-order valence-electron chi connectivity index (χ1n) is 6.95. The molecule has 0 radical (unpaired) electrons. The lowest BCUT2D eigenvalue weighted by Gasteiger charge is -2.35. The van der Waals surface area contributed by atoms with Gasteiger partial charge in [-0.3, -0.25) is 4.79 Å². The van der Waals surface area contributed by atoms with Crippen molar-refractivity contribution in [2.45, 2.75) is 6.92 Å². The van der Waals surface area contributed by atoms with Crippen LogP contribution in [0.1, 0.15) is 16.1 Å². The van der Waals surface area contributed by atoms with E-state index in [0.717, 1.165) is 24.5 Å². The summed E-state index contributed by atoms with van der Waals surface area (Å²) in [6.45, 7) is 4.79. The monoisotopic (exact) mass is 286 g/mol. The summed E-state index contributed by atoms with van der Waals surface area (Å²) >= 11 is 0. The minimum absolute atomic E-state index is 0.0545. The first-order chi connectivity index (χ1) is 10.1. The van der Waals surface area contributed by atoms with Crippen molar-refractivity contribution in [3.05, 3.63) is 42.0 Å². The van der Waals surface area contributed by atoms with Crippen LogP contribution in [0, 0.1) is 6.92 Å². The van der Waals surface area contributed by atoms with E-state index in [1.54, 1.807) is 23.2 Å². The molecule has 6 heteroatoms. The van der Waals surface area contributed by atoms with E-state index in [-0.39, 0.29) is 5.91 Å². The van der Waals surface area contributed by atoms with Crippen LogP contribution in [0.25, 0.3) is 0 Å². The summed E-state index contributed by atoms with van der Waals surface area (Å²) in [5, 5.41) is 0. The number of aromatic nitrogens is 1. The van der Waals surface area contributed by atoms with E-state index in [2.05, 4.69) is 9.88 Å². The molecular weight excluding hydrogens is 268 g/mol. The number of furan rings is 1. The van der Waals surface area contributed by atoms with Gasteiger partial charge >= 0.3 is 0 Å². The number of anilines is 2. The van der Waals surface area contributed by atoms with Crippen molar-refractivity contribution in [2.24, 2.45) is 0 Å². The zero-order valence-corrected chi connectivity index (χ0v) is 12.0. The number of nitrogens with zero attached hydrogens (tertiary/aromatic N) is 3. The molecule has 1 amide bonds. The first-order valence-corrected chi connectivity index (χ1v) is 6.95. The molecule has 3 heterocycles. The van der Waals surface area contributed by atoms with E-state index >= 15 is 0 Å². The van der Waals surface area contributed by atoms with Crippen LogP contribution in [0.5, 0.6) is 0 Å². The molecule has 2 N–H and O–H groups in total. The van der Waals surface area contributed by atoms with Crippen LogP contribution in [0.3, 0.4) is 0 Å². The molecule has 0 bridgehead atoms. The smallest absolute Gasteiger partial charge is 0.289 e. The number of piperazine rings is 1. The molecule has 0 aliphatic carbocycles. The molecule has 3 rings (SSSR count). The Morgan fingerprint density at radius 2 is 2.10 bits per heavy atom. The van der Waals surface area contributed by atoms with Gasteiger partial charge in [-0.25, -0.2) is 4.98 Å². The summed E-state index contributed by atoms with van der Waals surface area (Å²) in [6, 6.07) is 5.41. The maximum atomic E-state index is 12.2. The van der Waals surface area contributed by atoms with Gasteiger partial charge in [-0.15, -0.1) is 0 Å². The van der Waals surface area contributed by atoms with Gasteiger partial charge in [-0.05, 0) is 30.7 Å². The van der Waals surface area contributed by atoms with E-state index in [9.17, 15) is 4.79 Å². The Bertz CT molecular complexity index is 631. The van der Waals surface area contributed by atoms with Crippen LogP contribution in [0.15, 0.2) is 35.1 Å². The number of hydrogen-bond donors (Lipinski definition) is 1. The Morgan fingerprint density at radius 3 is 2.71 bits per heavy atom. The lowest BCUT2D eigenvalue weighted by molar-refractivity contribution is 0.0714. The lowest BCUT2D eigenvalue weighted by Crippen LogP contribution is -2.49. The van der Waals surface area contributed by atoms with E-state index < -0.39 is 0 Å². The number of rotatable bonds is 2. The van der Waals surface area contributed by atoms with Crippen molar-refractivity contribution in [3.8, 4) is 0 Å². The van der Waals surface area contributed by atoms with Gasteiger partial charge in [0.25, 0.3) is 5.91 Å². The third-order valence-corrected chi connectivity index (χ3v) is 3.76. The standard InChI is InChI=1S/C15H18N4O2/c1-11-9-14(17-10-12(11)16)18-4-6-19(7-5-18)15(20)13-3-2-8-21-13/h2-3,8-10H,4-7,16H2,1H3. The van der Waals surface area contributed by atoms with E-state index in [1.165, 1.54) is 6.26 Å². The van der Waals surface area contributed by atoms with E-state index in [0.29, 0.717) is 24.5 Å². The number of nitrogens with two attached hydrogens (primary N) is 1. The molecule has 2 aromatic heterocycles. The van der Waals surface area contributed by atoms with E-state index in [1.807, 2.05) is 13.0 Å². The molecule has 110 valence electrons. The Balaban J connectivity index is 1.65. The number of nitrogen functional groups attached to an aromatic ring is 1. The summed E-state index contributed by atoms with van der Waals surface area (Å²) in [5.41, 5.74) is 7.51. The molecule has 2 aromatic rings. The molecule has 0 atom stereocenters. The Kier molecular flexibility index (Phi) is 3.51. The average molecular weight is 286 g/mol. The van der Waals surface area contributed by atoms with Gasteiger partial charge < -0.3 is 20.0 Å². The van der Waals surface area contributed by atoms with Crippen LogP contribution < -0.4 is 10.6 Å². The normalized spacial score (nSPS) is 15.3. The summed E-state index contributed by atoms with van der Waals surface area (Å²) in [5.74, 6) is 1.25. The second kappa shape index (κ2) is 5.47. The average Bonchev–Trinajstić information content (AvgIpc) is 3.04. The van der Waals surface area contributed by atoms with Crippen LogP contribution in [-0.2, 0) is 0 Å². The van der Waals surface area contributed by atoms with Crippen LogP contribution in [-0.4, -0.2) is 42.0 Å². The number of aryl methyl sites for hydroxylation is 1. The number of amides is 1. The van der Waals surface area contributed by atoms with Gasteiger partial charge in [0.1, 0.15) is 5.82 Å². The maximum Gasteiger partial charge on any atom is 0.289 e. The van der Waals surface area contributed by atoms with Crippen LogP contribution in [0.4, 0.5) is 11.5 Å².